The highest BCUT2D eigenvalue weighted by molar-refractivity contribution is 7.99. The molecule has 23 heavy (non-hydrogen) atoms. The van der Waals surface area contributed by atoms with Crippen LogP contribution in [0.1, 0.15) is 18.4 Å². The number of halogens is 1. The topological polar surface area (TPSA) is 40.6 Å². The third-order valence-corrected chi connectivity index (χ3v) is 5.68. The number of thioether (sulfide) groups is 1. The predicted octanol–water partition coefficient (Wildman–Crippen LogP) is 2.14. The number of hydrogen-bond acceptors (Lipinski definition) is 3. The van der Waals surface area contributed by atoms with Crippen LogP contribution >= 0.6 is 11.8 Å². The summed E-state index contributed by atoms with van der Waals surface area (Å²) in [6, 6.07) is 6.23. The third kappa shape index (κ3) is 3.09. The fourth-order valence-corrected chi connectivity index (χ4v) is 4.22. The number of benzene rings is 1. The van der Waals surface area contributed by atoms with E-state index in [0.29, 0.717) is 23.6 Å². The average Bonchev–Trinajstić information content (AvgIpc) is 3.14. The molecule has 1 saturated carbocycles. The summed E-state index contributed by atoms with van der Waals surface area (Å²) < 4.78 is 13.9. The Morgan fingerprint density at radius 1 is 1.35 bits per heavy atom. The summed E-state index contributed by atoms with van der Waals surface area (Å²) in [5, 5.41) is 0. The number of rotatable bonds is 4. The summed E-state index contributed by atoms with van der Waals surface area (Å²) >= 11 is 1.60. The molecule has 0 N–H and O–H groups in total. The molecule has 0 unspecified atom stereocenters. The minimum Gasteiger partial charge on any atom is -0.347 e. The second kappa shape index (κ2) is 6.15. The molecular formula is C17H21FN2O2S. The minimum atomic E-state index is -0.516. The van der Waals surface area contributed by atoms with E-state index in [-0.39, 0.29) is 23.7 Å². The van der Waals surface area contributed by atoms with E-state index in [4.69, 9.17) is 0 Å². The zero-order valence-corrected chi connectivity index (χ0v) is 14.2. The Bertz CT molecular complexity index is 631. The van der Waals surface area contributed by atoms with Crippen LogP contribution in [0, 0.1) is 11.2 Å². The van der Waals surface area contributed by atoms with Gasteiger partial charge >= 0.3 is 0 Å². The monoisotopic (exact) mass is 336 g/mol. The quantitative estimate of drug-likeness (QED) is 0.846. The minimum absolute atomic E-state index is 0.00551. The second-order valence-corrected chi connectivity index (χ2v) is 7.57. The molecule has 0 bridgehead atoms. The van der Waals surface area contributed by atoms with E-state index in [1.165, 1.54) is 11.0 Å². The van der Waals surface area contributed by atoms with Gasteiger partial charge in [-0.15, -0.1) is 11.8 Å². The van der Waals surface area contributed by atoms with Gasteiger partial charge in [-0.05, 0) is 30.9 Å². The molecule has 0 aromatic heterocycles. The number of hydrogen-bond donors (Lipinski definition) is 0. The largest absolute Gasteiger partial charge is 0.347 e. The van der Waals surface area contributed by atoms with Crippen molar-refractivity contribution in [1.29, 1.82) is 0 Å². The van der Waals surface area contributed by atoms with Crippen molar-refractivity contribution in [2.24, 2.45) is 5.41 Å². The van der Waals surface area contributed by atoms with Gasteiger partial charge in [0.2, 0.25) is 11.8 Å². The van der Waals surface area contributed by atoms with Crippen molar-refractivity contribution in [3.05, 3.63) is 35.6 Å². The maximum atomic E-state index is 13.9. The van der Waals surface area contributed by atoms with Gasteiger partial charge in [0, 0.05) is 19.8 Å². The van der Waals surface area contributed by atoms with E-state index < -0.39 is 5.41 Å². The zero-order chi connectivity index (χ0) is 16.6. The third-order valence-electron chi connectivity index (χ3n) is 4.66. The summed E-state index contributed by atoms with van der Waals surface area (Å²) in [6.07, 6.45) is 1.96. The van der Waals surface area contributed by atoms with Gasteiger partial charge < -0.3 is 9.80 Å². The molecule has 124 valence electrons. The molecule has 2 amide bonds. The SMILES string of the molecule is CN(C)C(=O)[C@H]1CSCN1C(=O)C1(Cc2ccccc2F)CC1. The van der Waals surface area contributed by atoms with Crippen LogP contribution in [0.3, 0.4) is 0 Å². The van der Waals surface area contributed by atoms with Gasteiger partial charge in [-0.25, -0.2) is 4.39 Å². The van der Waals surface area contributed by atoms with Crippen LogP contribution in [0.5, 0.6) is 0 Å². The van der Waals surface area contributed by atoms with Crippen LogP contribution in [-0.4, -0.2) is 53.4 Å². The van der Waals surface area contributed by atoms with Crippen LogP contribution in [-0.2, 0) is 16.0 Å². The maximum absolute atomic E-state index is 13.9. The first-order valence-electron chi connectivity index (χ1n) is 7.78. The highest BCUT2D eigenvalue weighted by atomic mass is 32.2. The van der Waals surface area contributed by atoms with Crippen LogP contribution in [0.15, 0.2) is 24.3 Å². The Kier molecular flexibility index (Phi) is 4.36. The van der Waals surface area contributed by atoms with Crippen LogP contribution in [0.25, 0.3) is 0 Å². The lowest BCUT2D eigenvalue weighted by molar-refractivity contribution is -0.145. The van der Waals surface area contributed by atoms with E-state index in [1.54, 1.807) is 49.0 Å². The lowest BCUT2D eigenvalue weighted by Crippen LogP contribution is -2.49. The van der Waals surface area contributed by atoms with Gasteiger partial charge in [0.1, 0.15) is 11.9 Å². The highest BCUT2D eigenvalue weighted by Gasteiger charge is 2.54. The zero-order valence-electron chi connectivity index (χ0n) is 13.4. The van der Waals surface area contributed by atoms with Gasteiger partial charge in [-0.2, -0.15) is 0 Å². The molecule has 0 spiro atoms. The fraction of sp³-hybridized carbons (Fsp3) is 0.529. The van der Waals surface area contributed by atoms with Crippen molar-refractivity contribution in [2.75, 3.05) is 25.7 Å². The normalized spacial score (nSPS) is 22.0. The Balaban J connectivity index is 1.77. The van der Waals surface area contributed by atoms with E-state index in [1.807, 2.05) is 0 Å². The predicted molar refractivity (Wildman–Crippen MR) is 88.4 cm³/mol. The van der Waals surface area contributed by atoms with E-state index >= 15 is 0 Å². The molecule has 1 aromatic carbocycles. The van der Waals surface area contributed by atoms with Crippen LogP contribution in [0.4, 0.5) is 4.39 Å². The smallest absolute Gasteiger partial charge is 0.245 e. The molecule has 4 nitrogen and oxygen atoms in total. The van der Waals surface area contributed by atoms with E-state index in [2.05, 4.69) is 0 Å². The standard InChI is InChI=1S/C17H21FN2O2S/c1-19(2)15(21)14-10-23-11-20(14)16(22)17(7-8-17)9-12-5-3-4-6-13(12)18/h3-6,14H,7-11H2,1-2H3/t14-/m1/s1. The second-order valence-electron chi connectivity index (χ2n) is 6.57. The van der Waals surface area contributed by atoms with Crippen molar-refractivity contribution in [1.82, 2.24) is 9.80 Å². The summed E-state index contributed by atoms with van der Waals surface area (Å²) in [6.45, 7) is 0. The maximum Gasteiger partial charge on any atom is 0.245 e. The number of amides is 2. The first-order valence-corrected chi connectivity index (χ1v) is 8.93. The van der Waals surface area contributed by atoms with Gasteiger partial charge in [-0.1, -0.05) is 18.2 Å². The Labute approximate surface area is 140 Å². The molecule has 3 rings (SSSR count). The Morgan fingerprint density at radius 2 is 2.04 bits per heavy atom. The lowest BCUT2D eigenvalue weighted by Gasteiger charge is -2.29. The first kappa shape index (κ1) is 16.3. The summed E-state index contributed by atoms with van der Waals surface area (Å²) in [5.74, 6) is 0.889. The average molecular weight is 336 g/mol. The summed E-state index contributed by atoms with van der Waals surface area (Å²) in [4.78, 5) is 28.5. The highest BCUT2D eigenvalue weighted by Crippen LogP contribution is 2.51. The Morgan fingerprint density at radius 3 is 2.65 bits per heavy atom. The van der Waals surface area contributed by atoms with Crippen molar-refractivity contribution in [3.8, 4) is 0 Å². The molecule has 2 fully saturated rings. The van der Waals surface area contributed by atoms with Gasteiger partial charge in [0.15, 0.2) is 0 Å². The number of likely N-dealkylation sites (N-methyl/N-ethyl adjacent to an activating group) is 1. The van der Waals surface area contributed by atoms with Crippen molar-refractivity contribution >= 4 is 23.6 Å². The molecule has 0 radical (unpaired) electrons. The molecule has 1 aromatic rings. The number of nitrogens with zero attached hydrogens (tertiary/aromatic N) is 2. The summed E-state index contributed by atoms with van der Waals surface area (Å²) in [5.41, 5.74) is 0.0680. The molecule has 1 aliphatic carbocycles. The number of carbonyl (C=O) groups excluding carboxylic acids is 2. The summed E-state index contributed by atoms with van der Waals surface area (Å²) in [7, 11) is 3.42. The molecule has 1 heterocycles. The fourth-order valence-electron chi connectivity index (χ4n) is 3.07. The molecule has 1 atom stereocenters. The van der Waals surface area contributed by atoms with Crippen molar-refractivity contribution in [3.63, 3.8) is 0 Å². The van der Waals surface area contributed by atoms with Gasteiger partial charge in [0.25, 0.3) is 0 Å². The van der Waals surface area contributed by atoms with Gasteiger partial charge in [-0.3, -0.25) is 9.59 Å². The first-order chi connectivity index (χ1) is 10.9. The number of carbonyl (C=O) groups is 2. The van der Waals surface area contributed by atoms with Crippen LogP contribution in [0.2, 0.25) is 0 Å². The molecular weight excluding hydrogens is 315 g/mol. The van der Waals surface area contributed by atoms with Gasteiger partial charge in [0.05, 0.1) is 11.3 Å². The van der Waals surface area contributed by atoms with E-state index in [9.17, 15) is 14.0 Å². The molecule has 6 heteroatoms. The molecule has 1 aliphatic heterocycles. The molecule has 1 saturated heterocycles. The van der Waals surface area contributed by atoms with Crippen molar-refractivity contribution in [2.45, 2.75) is 25.3 Å². The van der Waals surface area contributed by atoms with Crippen molar-refractivity contribution < 1.29 is 14.0 Å². The molecule has 2 aliphatic rings. The lowest BCUT2D eigenvalue weighted by atomic mass is 9.94. The van der Waals surface area contributed by atoms with Crippen LogP contribution < -0.4 is 0 Å². The Hall–Kier alpha value is -1.56. The van der Waals surface area contributed by atoms with E-state index in [0.717, 1.165) is 12.8 Å².